The molecule has 4 amide bonds. The van der Waals surface area contributed by atoms with E-state index in [9.17, 15) is 29.2 Å². The van der Waals surface area contributed by atoms with E-state index in [1.54, 1.807) is 43.5 Å². The van der Waals surface area contributed by atoms with Gasteiger partial charge in [0.25, 0.3) is 11.8 Å². The lowest BCUT2D eigenvalue weighted by Gasteiger charge is -2.33. The maximum Gasteiger partial charge on any atom is 0.263 e. The zero-order chi connectivity index (χ0) is 47.2. The van der Waals surface area contributed by atoms with E-state index in [1.807, 2.05) is 25.1 Å². The highest BCUT2D eigenvalue weighted by atomic mass is 16.6. The van der Waals surface area contributed by atoms with E-state index in [0.29, 0.717) is 112 Å². The molecule has 2 heterocycles. The van der Waals surface area contributed by atoms with Crippen molar-refractivity contribution in [1.29, 1.82) is 5.26 Å². The van der Waals surface area contributed by atoms with E-state index in [2.05, 4.69) is 40.5 Å². The van der Waals surface area contributed by atoms with Crippen LogP contribution in [0.5, 0.6) is 0 Å². The van der Waals surface area contributed by atoms with Gasteiger partial charge in [-0.05, 0) is 72.9 Å². The number of imide groups is 2. The molecule has 5 N–H and O–H groups in total. The van der Waals surface area contributed by atoms with Crippen molar-refractivity contribution < 1.29 is 47.7 Å². The number of benzene rings is 3. The molecule has 4 aromatic rings. The van der Waals surface area contributed by atoms with Gasteiger partial charge < -0.3 is 39.7 Å². The normalized spacial score (nSPS) is 14.6. The zero-order valence-electron chi connectivity index (χ0n) is 37.8. The van der Waals surface area contributed by atoms with E-state index < -0.39 is 29.2 Å². The molecule has 2 aliphatic rings. The first kappa shape index (κ1) is 48.9. The smallest absolute Gasteiger partial charge is 0.263 e. The Bertz CT molecular complexity index is 2540. The third-order valence-corrected chi connectivity index (χ3v) is 11.7. The number of H-pyrrole nitrogens is 1. The maximum atomic E-state index is 14.0. The summed E-state index contributed by atoms with van der Waals surface area (Å²) in [6.45, 7) is 11.8. The summed E-state index contributed by atoms with van der Waals surface area (Å²) in [5.74, 6) is -1.37. The Hall–Kier alpha value is -6.55. The van der Waals surface area contributed by atoms with Gasteiger partial charge >= 0.3 is 0 Å². The number of nitrogens with one attached hydrogen (secondary N) is 3. The Labute approximate surface area is 383 Å². The van der Waals surface area contributed by atoms with Gasteiger partial charge in [-0.2, -0.15) is 5.26 Å². The number of fused-ring (bicyclic) bond motifs is 5. The Balaban J connectivity index is 0.815. The van der Waals surface area contributed by atoms with Crippen molar-refractivity contribution in [3.05, 3.63) is 105 Å². The van der Waals surface area contributed by atoms with Crippen molar-refractivity contribution in [2.24, 2.45) is 10.7 Å². The van der Waals surface area contributed by atoms with Crippen LogP contribution in [0.4, 0.5) is 5.69 Å². The number of aromatic amines is 1. The summed E-state index contributed by atoms with van der Waals surface area (Å²) in [6.07, 6.45) is 4.42. The van der Waals surface area contributed by atoms with Crippen molar-refractivity contribution in [2.75, 3.05) is 78.1 Å². The van der Waals surface area contributed by atoms with Gasteiger partial charge in [-0.1, -0.05) is 32.9 Å². The standard InChI is InChI=1S/C49H57N7O10/c1-5-33-24-38-39(49(3,4)46-44(45(38)59)35-11-10-32(26-50)23-41(35)55-46)25-37(33)34(27-51)28-52-30-66-22-21-65-20-19-64-18-17-63-16-15-62-14-13-53-40-8-6-7-36-43(40)48(61)56(47(36)60)31(2)9-12-42(58)54-29-57/h6-8,10-11,23-25,27-29,31,53,55H,5,9,12-22,30,51H2,1-4H3,(H,54,57,58). The fourth-order valence-electron chi connectivity index (χ4n) is 8.20. The van der Waals surface area contributed by atoms with Crippen LogP contribution in [0, 0.1) is 11.3 Å². The van der Waals surface area contributed by atoms with Gasteiger partial charge in [0.2, 0.25) is 12.3 Å². The largest absolute Gasteiger partial charge is 0.404 e. The molecule has 1 atom stereocenters. The van der Waals surface area contributed by atoms with Crippen molar-refractivity contribution >= 4 is 58.3 Å². The maximum absolute atomic E-state index is 14.0. The SMILES string of the molecule is CCc1cc2c(cc1C(C=NCOCCOCCOCCOCCOCCNc1cccc3c1C(=O)N(C(C)CCC(=O)NC=O)C3=O)=CN)C(C)(C)c1[nH]c3cc(C#N)ccc3c1C2=O. The van der Waals surface area contributed by atoms with Gasteiger partial charge in [0.05, 0.1) is 87.8 Å². The predicted molar refractivity (Wildman–Crippen MR) is 247 cm³/mol. The van der Waals surface area contributed by atoms with Crippen LogP contribution in [0.2, 0.25) is 0 Å². The third-order valence-electron chi connectivity index (χ3n) is 11.7. The van der Waals surface area contributed by atoms with Gasteiger partial charge in [0.1, 0.15) is 6.73 Å². The molecule has 0 saturated carbocycles. The highest BCUT2D eigenvalue weighted by Gasteiger charge is 2.41. The van der Waals surface area contributed by atoms with Gasteiger partial charge in [-0.25, -0.2) is 0 Å². The molecule has 6 rings (SSSR count). The van der Waals surface area contributed by atoms with Gasteiger partial charge in [-0.3, -0.25) is 39.2 Å². The quantitative estimate of drug-likeness (QED) is 0.0280. The second kappa shape index (κ2) is 23.1. The number of allylic oxidation sites excluding steroid dienone is 1. The summed E-state index contributed by atoms with van der Waals surface area (Å²) in [5.41, 5.74) is 13.6. The lowest BCUT2D eigenvalue weighted by molar-refractivity contribution is -0.125. The molecule has 1 aliphatic carbocycles. The number of aryl methyl sites for hydroxylation is 1. The zero-order valence-corrected chi connectivity index (χ0v) is 37.8. The number of amides is 4. The number of ketones is 1. The average Bonchev–Trinajstić information content (AvgIpc) is 3.84. The minimum Gasteiger partial charge on any atom is -0.404 e. The van der Waals surface area contributed by atoms with E-state index in [-0.39, 0.29) is 30.9 Å². The Morgan fingerprint density at radius 3 is 2.24 bits per heavy atom. The molecule has 0 saturated heterocycles. The highest BCUT2D eigenvalue weighted by molar-refractivity contribution is 6.24. The number of hydrogen-bond acceptors (Lipinski definition) is 14. The van der Waals surface area contributed by atoms with E-state index in [4.69, 9.17) is 29.4 Å². The first-order valence-electron chi connectivity index (χ1n) is 22.0. The second-order valence-corrected chi connectivity index (χ2v) is 16.2. The number of ether oxygens (including phenoxy) is 5. The average molecular weight is 904 g/mol. The Kier molecular flexibility index (Phi) is 17.1. The summed E-state index contributed by atoms with van der Waals surface area (Å²) in [5, 5.41) is 15.5. The van der Waals surface area contributed by atoms with Crippen LogP contribution >= 0.6 is 0 Å². The number of nitrogens with zero attached hydrogens (tertiary/aromatic N) is 3. The first-order valence-corrected chi connectivity index (χ1v) is 22.0. The molecule has 1 aromatic heterocycles. The second-order valence-electron chi connectivity index (χ2n) is 16.2. The van der Waals surface area contributed by atoms with E-state index in [0.717, 1.165) is 38.2 Å². The minimum absolute atomic E-state index is 0.00339. The number of aliphatic imine (C=N–C) groups is 1. The lowest BCUT2D eigenvalue weighted by Crippen LogP contribution is -2.38. The van der Waals surface area contributed by atoms with Crippen LogP contribution in [0.25, 0.3) is 16.5 Å². The van der Waals surface area contributed by atoms with Crippen LogP contribution in [0.3, 0.4) is 0 Å². The molecule has 0 radical (unpaired) electrons. The monoisotopic (exact) mass is 903 g/mol. The van der Waals surface area contributed by atoms with Crippen molar-refractivity contribution in [1.82, 2.24) is 15.2 Å². The van der Waals surface area contributed by atoms with Crippen molar-refractivity contribution in [3.8, 4) is 6.07 Å². The summed E-state index contributed by atoms with van der Waals surface area (Å²) >= 11 is 0. The Morgan fingerprint density at radius 2 is 1.59 bits per heavy atom. The highest BCUT2D eigenvalue weighted by Crippen LogP contribution is 2.45. The fraction of sp³-hybridized carbons (Fsp3) is 0.408. The molecule has 1 aliphatic heterocycles. The molecular formula is C49H57N7O10. The fourth-order valence-corrected chi connectivity index (χ4v) is 8.20. The van der Waals surface area contributed by atoms with Crippen LogP contribution in [0.1, 0.15) is 105 Å². The van der Waals surface area contributed by atoms with Gasteiger partial charge in [-0.15, -0.1) is 0 Å². The summed E-state index contributed by atoms with van der Waals surface area (Å²) in [4.78, 5) is 71.4. The molecule has 348 valence electrons. The number of nitrogens with two attached hydrogens (primary N) is 1. The third kappa shape index (κ3) is 11.1. The number of carbonyl (C=O) groups excluding carboxylic acids is 5. The van der Waals surface area contributed by atoms with Crippen LogP contribution in [0.15, 0.2) is 59.7 Å². The molecule has 17 nitrogen and oxygen atoms in total. The number of anilines is 1. The van der Waals surface area contributed by atoms with Crippen LogP contribution in [-0.4, -0.2) is 125 Å². The number of carbonyl (C=O) groups is 5. The van der Waals surface area contributed by atoms with E-state index >= 15 is 0 Å². The lowest BCUT2D eigenvalue weighted by atomic mass is 9.70. The number of nitriles is 1. The molecule has 0 fully saturated rings. The summed E-state index contributed by atoms with van der Waals surface area (Å²) in [6, 6.07) is 16.1. The summed E-state index contributed by atoms with van der Waals surface area (Å²) < 4.78 is 28.0. The molecule has 0 bridgehead atoms. The van der Waals surface area contributed by atoms with Crippen molar-refractivity contribution in [3.63, 3.8) is 0 Å². The van der Waals surface area contributed by atoms with Gasteiger partial charge in [0, 0.05) is 70.3 Å². The number of hydrogen-bond donors (Lipinski definition) is 4. The molecule has 1 unspecified atom stereocenters. The molecule has 66 heavy (non-hydrogen) atoms. The topological polar surface area (TPSA) is 237 Å². The predicted octanol–water partition coefficient (Wildman–Crippen LogP) is 5.03. The molecular weight excluding hydrogens is 847 g/mol. The molecule has 3 aromatic carbocycles. The summed E-state index contributed by atoms with van der Waals surface area (Å²) in [7, 11) is 0. The minimum atomic E-state index is -0.529. The van der Waals surface area contributed by atoms with E-state index in [1.165, 1.54) is 6.20 Å². The molecule has 17 heteroatoms. The number of rotatable bonds is 26. The molecule has 0 spiro atoms. The number of aromatic nitrogens is 1. The Morgan fingerprint density at radius 1 is 0.909 bits per heavy atom. The first-order chi connectivity index (χ1) is 32.0. The van der Waals surface area contributed by atoms with Gasteiger partial charge in [0.15, 0.2) is 5.78 Å². The van der Waals surface area contributed by atoms with Crippen LogP contribution in [-0.2, 0) is 45.1 Å². The van der Waals surface area contributed by atoms with Crippen LogP contribution < -0.4 is 16.4 Å². The van der Waals surface area contributed by atoms with Crippen molar-refractivity contribution in [2.45, 2.75) is 58.4 Å².